The fraction of sp³-hybridized carbons (Fsp3) is 0.667. The van der Waals surface area contributed by atoms with Crippen LogP contribution >= 0.6 is 0 Å². The molecule has 0 bridgehead atoms. The van der Waals surface area contributed by atoms with Gasteiger partial charge in [0.15, 0.2) is 0 Å². The second-order valence-electron chi connectivity index (χ2n) is 3.90. The molecule has 116 valence electrons. The first kappa shape index (κ1) is 30.3. The van der Waals surface area contributed by atoms with E-state index in [1.165, 1.54) is 0 Å². The van der Waals surface area contributed by atoms with E-state index in [2.05, 4.69) is 0 Å². The Morgan fingerprint density at radius 2 is 0.591 bits per heavy atom. The van der Waals surface area contributed by atoms with Crippen molar-refractivity contribution in [3.8, 4) is 0 Å². The van der Waals surface area contributed by atoms with Crippen molar-refractivity contribution >= 4 is 99.4 Å². The Morgan fingerprint density at radius 1 is 0.455 bits per heavy atom. The molecule has 0 aromatic heterocycles. The van der Waals surface area contributed by atoms with Gasteiger partial charge in [0.25, 0.3) is 0 Å². The maximum atomic E-state index is 9.77. The SMILES string of the molecule is O=C([O-])CCCCC(=O)[O-].O=C([O-])CCCCC(=O)[O-].[Ca+2].[Ca+2]. The number of aliphatic carboxylic acids is 4. The van der Waals surface area contributed by atoms with Crippen LogP contribution in [0.2, 0.25) is 0 Å². The molecule has 0 aromatic rings. The van der Waals surface area contributed by atoms with Gasteiger partial charge >= 0.3 is 75.5 Å². The molecule has 10 heteroatoms. The number of unbranched alkanes of at least 4 members (excludes halogenated alkanes) is 2. The fourth-order valence-electron chi connectivity index (χ4n) is 1.08. The van der Waals surface area contributed by atoms with Crippen LogP contribution in [0.3, 0.4) is 0 Å². The molecule has 0 aliphatic rings. The molecule has 0 amide bonds. The van der Waals surface area contributed by atoms with Crippen molar-refractivity contribution in [2.24, 2.45) is 0 Å². The third-order valence-corrected chi connectivity index (χ3v) is 2.02. The Balaban J connectivity index is -0.000000135. The maximum Gasteiger partial charge on any atom is 2.00 e. The average Bonchev–Trinajstić information content (AvgIpc) is 2.30. The molecule has 0 saturated carbocycles. The van der Waals surface area contributed by atoms with Crippen molar-refractivity contribution in [3.05, 3.63) is 0 Å². The normalized spacial score (nSPS) is 8.36. The molecule has 0 heterocycles. The van der Waals surface area contributed by atoms with Gasteiger partial charge in [0.2, 0.25) is 0 Å². The fourth-order valence-corrected chi connectivity index (χ4v) is 1.08. The minimum absolute atomic E-state index is 0. The van der Waals surface area contributed by atoms with Crippen LogP contribution in [0.15, 0.2) is 0 Å². The molecule has 0 atom stereocenters. The molecule has 0 saturated heterocycles. The summed E-state index contributed by atoms with van der Waals surface area (Å²) in [4.78, 5) is 39.1. The number of carboxylic acids is 4. The number of carboxylic acid groups (broad SMARTS) is 4. The number of rotatable bonds is 10. The van der Waals surface area contributed by atoms with Crippen molar-refractivity contribution in [2.75, 3.05) is 0 Å². The van der Waals surface area contributed by atoms with Crippen LogP contribution < -0.4 is 20.4 Å². The second kappa shape index (κ2) is 21.4. The van der Waals surface area contributed by atoms with Crippen LogP contribution in [0.4, 0.5) is 0 Å². The monoisotopic (exact) mass is 368 g/mol. The Morgan fingerprint density at radius 3 is 0.682 bits per heavy atom. The molecule has 22 heavy (non-hydrogen) atoms. The van der Waals surface area contributed by atoms with Crippen LogP contribution in [-0.4, -0.2) is 99.4 Å². The smallest absolute Gasteiger partial charge is 0.550 e. The van der Waals surface area contributed by atoms with Crippen LogP contribution in [0.25, 0.3) is 0 Å². The van der Waals surface area contributed by atoms with Crippen molar-refractivity contribution in [3.63, 3.8) is 0 Å². The van der Waals surface area contributed by atoms with Gasteiger partial charge in [-0.2, -0.15) is 0 Å². The summed E-state index contributed by atoms with van der Waals surface area (Å²) >= 11 is 0. The van der Waals surface area contributed by atoms with E-state index in [4.69, 9.17) is 0 Å². The largest absolute Gasteiger partial charge is 2.00 e. The van der Waals surface area contributed by atoms with Gasteiger partial charge < -0.3 is 39.6 Å². The Bertz CT molecular complexity index is 269. The number of carbonyl (C=O) groups excluding carboxylic acids is 4. The summed E-state index contributed by atoms with van der Waals surface area (Å²) in [7, 11) is 0. The van der Waals surface area contributed by atoms with E-state index in [9.17, 15) is 39.6 Å². The van der Waals surface area contributed by atoms with E-state index in [0.717, 1.165) is 0 Å². The first-order chi connectivity index (χ1) is 9.25. The zero-order valence-electron chi connectivity index (χ0n) is 12.3. The van der Waals surface area contributed by atoms with Gasteiger partial charge in [-0.15, -0.1) is 0 Å². The molecule has 0 spiro atoms. The quantitative estimate of drug-likeness (QED) is 0.275. The van der Waals surface area contributed by atoms with Gasteiger partial charge in [-0.3, -0.25) is 0 Å². The Hall–Kier alpha value is 0.399. The topological polar surface area (TPSA) is 161 Å². The van der Waals surface area contributed by atoms with Crippen LogP contribution in [0, 0.1) is 0 Å². The summed E-state index contributed by atoms with van der Waals surface area (Å²) in [5.74, 6) is -4.56. The molecule has 0 rings (SSSR count). The van der Waals surface area contributed by atoms with E-state index in [1.54, 1.807) is 0 Å². The van der Waals surface area contributed by atoms with Crippen molar-refractivity contribution < 1.29 is 39.6 Å². The Kier molecular flexibility index (Phi) is 29.5. The standard InChI is InChI=1S/2C6H10O4.2Ca/c2*7-5(8)3-1-2-4-6(9)10;;/h2*1-4H2,(H,7,8)(H,9,10);;/q;;2*+2/p-4. The van der Waals surface area contributed by atoms with Crippen molar-refractivity contribution in [1.29, 1.82) is 0 Å². The molecule has 0 aliphatic carbocycles. The molecular formula is C12H16Ca2O8. The summed E-state index contributed by atoms with van der Waals surface area (Å²) in [5.41, 5.74) is 0. The first-order valence-corrected chi connectivity index (χ1v) is 6.05. The van der Waals surface area contributed by atoms with E-state index < -0.39 is 23.9 Å². The van der Waals surface area contributed by atoms with Gasteiger partial charge in [0, 0.05) is 23.9 Å². The summed E-state index contributed by atoms with van der Waals surface area (Å²) in [6, 6.07) is 0. The van der Waals surface area contributed by atoms with E-state index in [1.807, 2.05) is 0 Å². The summed E-state index contributed by atoms with van der Waals surface area (Å²) in [6.45, 7) is 0. The number of carbonyl (C=O) groups is 4. The molecule has 0 radical (unpaired) electrons. The van der Waals surface area contributed by atoms with Gasteiger partial charge in [-0.1, -0.05) is 0 Å². The minimum Gasteiger partial charge on any atom is -0.550 e. The maximum absolute atomic E-state index is 9.77. The van der Waals surface area contributed by atoms with Gasteiger partial charge in [0.1, 0.15) is 0 Å². The molecule has 0 fully saturated rings. The molecule has 0 unspecified atom stereocenters. The summed E-state index contributed by atoms with van der Waals surface area (Å²) in [6.07, 6.45) is 1.07. The van der Waals surface area contributed by atoms with E-state index in [-0.39, 0.29) is 101 Å². The zero-order chi connectivity index (χ0) is 16.0. The predicted molar refractivity (Wildman–Crippen MR) is 68.5 cm³/mol. The van der Waals surface area contributed by atoms with Gasteiger partial charge in [0.05, 0.1) is 0 Å². The number of hydrogen-bond donors (Lipinski definition) is 0. The van der Waals surface area contributed by atoms with Gasteiger partial charge in [-0.05, 0) is 51.4 Å². The second-order valence-corrected chi connectivity index (χ2v) is 3.90. The third kappa shape index (κ3) is 37.0. The molecule has 0 aromatic carbocycles. The van der Waals surface area contributed by atoms with Crippen LogP contribution in [0.5, 0.6) is 0 Å². The van der Waals surface area contributed by atoms with E-state index >= 15 is 0 Å². The number of hydrogen-bond acceptors (Lipinski definition) is 8. The van der Waals surface area contributed by atoms with Crippen LogP contribution in [0.1, 0.15) is 51.4 Å². The molecule has 0 aliphatic heterocycles. The van der Waals surface area contributed by atoms with E-state index in [0.29, 0.717) is 25.7 Å². The third-order valence-electron chi connectivity index (χ3n) is 2.02. The molecular weight excluding hydrogens is 352 g/mol. The minimum atomic E-state index is -1.14. The Labute approximate surface area is 188 Å². The predicted octanol–water partition coefficient (Wildman–Crippen LogP) is -4.67. The molecule has 8 nitrogen and oxygen atoms in total. The van der Waals surface area contributed by atoms with Crippen molar-refractivity contribution in [2.45, 2.75) is 51.4 Å². The average molecular weight is 368 g/mol. The van der Waals surface area contributed by atoms with Crippen LogP contribution in [-0.2, 0) is 19.2 Å². The first-order valence-electron chi connectivity index (χ1n) is 6.05. The summed E-state index contributed by atoms with van der Waals surface area (Å²) in [5, 5.41) is 39.1. The summed E-state index contributed by atoms with van der Waals surface area (Å²) < 4.78 is 0. The molecule has 0 N–H and O–H groups in total. The van der Waals surface area contributed by atoms with Gasteiger partial charge in [-0.25, -0.2) is 0 Å². The zero-order valence-corrected chi connectivity index (χ0v) is 16.8. The van der Waals surface area contributed by atoms with Crippen molar-refractivity contribution in [1.82, 2.24) is 0 Å².